The van der Waals surface area contributed by atoms with E-state index >= 15 is 0 Å². The van der Waals surface area contributed by atoms with E-state index in [1.54, 1.807) is 12.1 Å². The van der Waals surface area contributed by atoms with Crippen LogP contribution in [0.1, 0.15) is 36.2 Å². The summed E-state index contributed by atoms with van der Waals surface area (Å²) in [6, 6.07) is 7.20. The monoisotopic (exact) mass is 292 g/mol. The van der Waals surface area contributed by atoms with Crippen molar-refractivity contribution in [1.29, 1.82) is 0 Å². The normalized spacial score (nSPS) is 31.9. The molecule has 5 heteroatoms. The number of benzene rings is 1. The van der Waals surface area contributed by atoms with Crippen molar-refractivity contribution < 1.29 is 24.1 Å². The van der Waals surface area contributed by atoms with Crippen molar-refractivity contribution in [3.63, 3.8) is 0 Å². The molecule has 1 N–H and O–H groups in total. The molecule has 114 valence electrons. The van der Waals surface area contributed by atoms with Gasteiger partial charge in [-0.2, -0.15) is 0 Å². The van der Waals surface area contributed by atoms with Crippen LogP contribution < -0.4 is 0 Å². The summed E-state index contributed by atoms with van der Waals surface area (Å²) in [5, 5.41) is 10.3. The number of hydrogen-bond donors (Lipinski definition) is 1. The van der Waals surface area contributed by atoms with Gasteiger partial charge in [-0.05, 0) is 26.3 Å². The molecule has 2 fully saturated rings. The Morgan fingerprint density at radius 1 is 1.33 bits per heavy atom. The quantitative estimate of drug-likeness (QED) is 0.861. The summed E-state index contributed by atoms with van der Waals surface area (Å²) >= 11 is 0. The average molecular weight is 292 g/mol. The van der Waals surface area contributed by atoms with E-state index in [2.05, 4.69) is 0 Å². The zero-order chi connectivity index (χ0) is 15.2. The molecular weight excluding hydrogens is 272 g/mol. The zero-order valence-corrected chi connectivity index (χ0v) is 12.4. The van der Waals surface area contributed by atoms with Crippen LogP contribution in [0.25, 0.3) is 0 Å². The maximum absolute atomic E-state index is 12.4. The van der Waals surface area contributed by atoms with Gasteiger partial charge in [-0.1, -0.05) is 24.3 Å². The van der Waals surface area contributed by atoms with Gasteiger partial charge in [0.05, 0.1) is 6.10 Å². The van der Waals surface area contributed by atoms with Gasteiger partial charge in [-0.3, -0.25) is 4.79 Å². The van der Waals surface area contributed by atoms with Crippen molar-refractivity contribution in [2.75, 3.05) is 0 Å². The Bertz CT molecular complexity index is 537. The van der Waals surface area contributed by atoms with Crippen LogP contribution in [0, 0.1) is 6.92 Å². The first-order chi connectivity index (χ1) is 9.87. The minimum Gasteiger partial charge on any atom is -0.382 e. The molecule has 5 nitrogen and oxygen atoms in total. The van der Waals surface area contributed by atoms with Crippen molar-refractivity contribution >= 4 is 5.78 Å². The summed E-state index contributed by atoms with van der Waals surface area (Å²) in [6.07, 6.45) is -2.09. The minimum atomic E-state index is -1.20. The number of carbonyl (C=O) groups is 1. The SMILES string of the molecule is Cc1ccccc1C(=O)C(O)C1CC2OC(C)(C)OC2O1. The van der Waals surface area contributed by atoms with Crippen LogP contribution in [0.4, 0.5) is 0 Å². The minimum absolute atomic E-state index is 0.232. The number of aryl methyl sites for hydroxylation is 1. The molecule has 4 atom stereocenters. The second-order valence-corrected chi connectivity index (χ2v) is 6.08. The van der Waals surface area contributed by atoms with E-state index in [-0.39, 0.29) is 11.9 Å². The number of aliphatic hydroxyl groups is 1. The summed E-state index contributed by atoms with van der Waals surface area (Å²) in [4.78, 5) is 12.4. The molecule has 2 heterocycles. The molecule has 2 aliphatic rings. The molecule has 0 spiro atoms. The maximum atomic E-state index is 12.4. The lowest BCUT2D eigenvalue weighted by Crippen LogP contribution is -2.36. The van der Waals surface area contributed by atoms with Gasteiger partial charge in [-0.15, -0.1) is 0 Å². The number of hydrogen-bond acceptors (Lipinski definition) is 5. The van der Waals surface area contributed by atoms with Gasteiger partial charge < -0.3 is 19.3 Å². The zero-order valence-electron chi connectivity index (χ0n) is 12.4. The fourth-order valence-electron chi connectivity index (χ4n) is 2.92. The molecule has 2 saturated heterocycles. The van der Waals surface area contributed by atoms with Crippen LogP contribution in [0.5, 0.6) is 0 Å². The van der Waals surface area contributed by atoms with Gasteiger partial charge in [0.15, 0.2) is 17.9 Å². The average Bonchev–Trinajstić information content (AvgIpc) is 2.91. The van der Waals surface area contributed by atoms with Crippen molar-refractivity contribution in [2.24, 2.45) is 0 Å². The van der Waals surface area contributed by atoms with E-state index in [9.17, 15) is 9.90 Å². The molecule has 21 heavy (non-hydrogen) atoms. The largest absolute Gasteiger partial charge is 0.382 e. The second kappa shape index (κ2) is 5.18. The molecule has 0 bridgehead atoms. The summed E-state index contributed by atoms with van der Waals surface area (Å²) in [6.45, 7) is 5.48. The molecule has 0 saturated carbocycles. The molecule has 1 aromatic rings. The molecule has 3 rings (SSSR count). The Hall–Kier alpha value is -1.27. The van der Waals surface area contributed by atoms with Gasteiger partial charge in [0.25, 0.3) is 0 Å². The van der Waals surface area contributed by atoms with Gasteiger partial charge in [0, 0.05) is 12.0 Å². The molecule has 2 aliphatic heterocycles. The van der Waals surface area contributed by atoms with Gasteiger partial charge in [-0.25, -0.2) is 0 Å². The summed E-state index contributed by atoms with van der Waals surface area (Å²) in [5.74, 6) is -0.997. The first-order valence-electron chi connectivity index (χ1n) is 7.16. The fraction of sp³-hybridized carbons (Fsp3) is 0.562. The van der Waals surface area contributed by atoms with E-state index in [1.165, 1.54) is 0 Å². The molecule has 4 unspecified atom stereocenters. The third-order valence-electron chi connectivity index (χ3n) is 3.94. The van der Waals surface area contributed by atoms with Crippen molar-refractivity contribution in [1.82, 2.24) is 0 Å². The highest BCUT2D eigenvalue weighted by Crippen LogP contribution is 2.38. The molecule has 1 aromatic carbocycles. The van der Waals surface area contributed by atoms with E-state index < -0.39 is 24.3 Å². The lowest BCUT2D eigenvalue weighted by molar-refractivity contribution is -0.211. The van der Waals surface area contributed by atoms with E-state index in [4.69, 9.17) is 14.2 Å². The van der Waals surface area contributed by atoms with E-state index in [1.807, 2.05) is 32.9 Å². The summed E-state index contributed by atoms with van der Waals surface area (Å²) in [5.41, 5.74) is 1.36. The van der Waals surface area contributed by atoms with Crippen LogP contribution in [-0.4, -0.2) is 41.3 Å². The third kappa shape index (κ3) is 2.74. The number of aliphatic hydroxyl groups excluding tert-OH is 1. The lowest BCUT2D eigenvalue weighted by Gasteiger charge is -2.22. The highest BCUT2D eigenvalue weighted by atomic mass is 16.8. The first kappa shape index (κ1) is 14.7. The fourth-order valence-corrected chi connectivity index (χ4v) is 2.92. The number of fused-ring (bicyclic) bond motifs is 1. The number of ketones is 1. The molecule has 0 amide bonds. The van der Waals surface area contributed by atoms with Crippen LogP contribution in [0.15, 0.2) is 24.3 Å². The first-order valence-corrected chi connectivity index (χ1v) is 7.16. The predicted octanol–water partition coefficient (Wildman–Crippen LogP) is 1.81. The Morgan fingerprint density at radius 3 is 2.71 bits per heavy atom. The Kier molecular flexibility index (Phi) is 3.61. The van der Waals surface area contributed by atoms with E-state index in [0.717, 1.165) is 5.56 Å². The van der Waals surface area contributed by atoms with E-state index in [0.29, 0.717) is 12.0 Å². The summed E-state index contributed by atoms with van der Waals surface area (Å²) in [7, 11) is 0. The third-order valence-corrected chi connectivity index (χ3v) is 3.94. The molecule has 0 aliphatic carbocycles. The van der Waals surface area contributed by atoms with Crippen LogP contribution in [-0.2, 0) is 14.2 Å². The smallest absolute Gasteiger partial charge is 0.194 e. The number of rotatable bonds is 3. The predicted molar refractivity (Wildman–Crippen MR) is 74.8 cm³/mol. The van der Waals surface area contributed by atoms with Crippen LogP contribution in [0.3, 0.4) is 0 Å². The Morgan fingerprint density at radius 2 is 2.05 bits per heavy atom. The van der Waals surface area contributed by atoms with Crippen LogP contribution >= 0.6 is 0 Å². The Balaban J connectivity index is 1.69. The van der Waals surface area contributed by atoms with Crippen molar-refractivity contribution in [3.05, 3.63) is 35.4 Å². The number of ether oxygens (including phenoxy) is 3. The van der Waals surface area contributed by atoms with Gasteiger partial charge in [0.2, 0.25) is 0 Å². The van der Waals surface area contributed by atoms with Gasteiger partial charge >= 0.3 is 0 Å². The summed E-state index contributed by atoms with van der Waals surface area (Å²) < 4.78 is 16.9. The van der Waals surface area contributed by atoms with Crippen molar-refractivity contribution in [3.8, 4) is 0 Å². The highest BCUT2D eigenvalue weighted by Gasteiger charge is 2.51. The molecule has 0 radical (unpaired) electrons. The van der Waals surface area contributed by atoms with Crippen LogP contribution in [0.2, 0.25) is 0 Å². The standard InChI is InChI=1S/C16H20O5/c1-9-6-4-5-7-10(9)13(17)14(18)11-8-12-15(19-11)21-16(2,3)20-12/h4-7,11-12,14-15,18H,8H2,1-3H3. The Labute approximate surface area is 123 Å². The van der Waals surface area contributed by atoms with Crippen molar-refractivity contribution in [2.45, 2.75) is 57.6 Å². The number of Topliss-reactive ketones (excluding diaryl/α,β-unsaturated/α-hetero) is 1. The van der Waals surface area contributed by atoms with Gasteiger partial charge in [0.1, 0.15) is 12.2 Å². The molecular formula is C16H20O5. The highest BCUT2D eigenvalue weighted by molar-refractivity contribution is 6.00. The topological polar surface area (TPSA) is 65.0 Å². The lowest BCUT2D eigenvalue weighted by atomic mass is 9.97. The number of carbonyl (C=O) groups excluding carboxylic acids is 1. The maximum Gasteiger partial charge on any atom is 0.194 e. The molecule has 0 aromatic heterocycles. The second-order valence-electron chi connectivity index (χ2n) is 6.08.